The molecule has 0 aromatic carbocycles. The number of hydrogen-bond acceptors (Lipinski definition) is 4. The van der Waals surface area contributed by atoms with Gasteiger partial charge in [0.25, 0.3) is 0 Å². The Morgan fingerprint density at radius 2 is 2.12 bits per heavy atom. The zero-order chi connectivity index (χ0) is 12.9. The van der Waals surface area contributed by atoms with Crippen LogP contribution in [0.5, 0.6) is 0 Å². The lowest BCUT2D eigenvalue weighted by Crippen LogP contribution is -2.24. The first kappa shape index (κ1) is 15.1. The van der Waals surface area contributed by atoms with Crippen LogP contribution in [0.25, 0.3) is 0 Å². The lowest BCUT2D eigenvalue weighted by Gasteiger charge is -2.06. The standard InChI is InChI=1S/C10H14Br2N2O2S/c1-2-17(15,16)4-3-13-7-10-9(12)5-8(11)6-14-10/h5-6,13H,2-4,7H2,1H3. The van der Waals surface area contributed by atoms with Crippen molar-refractivity contribution < 1.29 is 8.42 Å². The first-order chi connectivity index (χ1) is 7.94. The molecule has 0 bridgehead atoms. The van der Waals surface area contributed by atoms with E-state index >= 15 is 0 Å². The smallest absolute Gasteiger partial charge is 0.151 e. The third-order valence-electron chi connectivity index (χ3n) is 2.21. The number of hydrogen-bond donors (Lipinski definition) is 1. The van der Waals surface area contributed by atoms with Gasteiger partial charge in [-0.25, -0.2) is 8.42 Å². The minimum atomic E-state index is -2.89. The predicted molar refractivity (Wildman–Crippen MR) is 75.7 cm³/mol. The maximum atomic E-state index is 11.3. The zero-order valence-electron chi connectivity index (χ0n) is 9.41. The highest BCUT2D eigenvalue weighted by molar-refractivity contribution is 9.11. The fourth-order valence-corrected chi connectivity index (χ4v) is 3.02. The van der Waals surface area contributed by atoms with Crippen LogP contribution >= 0.6 is 31.9 Å². The second-order valence-corrected chi connectivity index (χ2v) is 7.74. The van der Waals surface area contributed by atoms with Crippen molar-refractivity contribution in [1.29, 1.82) is 0 Å². The average molecular weight is 386 g/mol. The van der Waals surface area contributed by atoms with Gasteiger partial charge in [-0.05, 0) is 37.9 Å². The summed E-state index contributed by atoms with van der Waals surface area (Å²) in [4.78, 5) is 4.23. The summed E-state index contributed by atoms with van der Waals surface area (Å²) in [5, 5.41) is 3.07. The molecule has 96 valence electrons. The highest BCUT2D eigenvalue weighted by Gasteiger charge is 2.07. The molecule has 0 aliphatic carbocycles. The van der Waals surface area contributed by atoms with Crippen molar-refractivity contribution in [3.8, 4) is 0 Å². The third kappa shape index (κ3) is 5.46. The van der Waals surface area contributed by atoms with Crippen molar-refractivity contribution in [2.24, 2.45) is 0 Å². The van der Waals surface area contributed by atoms with E-state index in [1.807, 2.05) is 6.07 Å². The van der Waals surface area contributed by atoms with Crippen LogP contribution in [-0.4, -0.2) is 31.5 Å². The number of nitrogens with zero attached hydrogens (tertiary/aromatic N) is 1. The average Bonchev–Trinajstić information content (AvgIpc) is 2.27. The molecule has 1 rings (SSSR count). The van der Waals surface area contributed by atoms with E-state index in [4.69, 9.17) is 0 Å². The molecule has 0 radical (unpaired) electrons. The van der Waals surface area contributed by atoms with Crippen LogP contribution < -0.4 is 5.32 Å². The normalized spacial score (nSPS) is 11.7. The maximum Gasteiger partial charge on any atom is 0.151 e. The molecule has 17 heavy (non-hydrogen) atoms. The topological polar surface area (TPSA) is 59.1 Å². The SMILES string of the molecule is CCS(=O)(=O)CCNCc1ncc(Br)cc1Br. The Hall–Kier alpha value is 0.0200. The monoisotopic (exact) mass is 384 g/mol. The highest BCUT2D eigenvalue weighted by Crippen LogP contribution is 2.19. The number of nitrogens with one attached hydrogen (secondary N) is 1. The van der Waals surface area contributed by atoms with Crippen LogP contribution in [-0.2, 0) is 16.4 Å². The van der Waals surface area contributed by atoms with Crippen molar-refractivity contribution in [3.05, 3.63) is 26.9 Å². The van der Waals surface area contributed by atoms with E-state index in [9.17, 15) is 8.42 Å². The Kier molecular flexibility index (Phi) is 6.05. The molecule has 1 heterocycles. The third-order valence-corrected chi connectivity index (χ3v) is 5.03. The molecule has 0 aliphatic rings. The molecule has 0 unspecified atom stereocenters. The van der Waals surface area contributed by atoms with Gasteiger partial charge in [-0.1, -0.05) is 6.92 Å². The summed E-state index contributed by atoms with van der Waals surface area (Å²) in [6.45, 7) is 2.65. The molecule has 0 amide bonds. The van der Waals surface area contributed by atoms with E-state index in [0.29, 0.717) is 13.1 Å². The summed E-state index contributed by atoms with van der Waals surface area (Å²) < 4.78 is 24.3. The fraction of sp³-hybridized carbons (Fsp3) is 0.500. The van der Waals surface area contributed by atoms with Crippen LogP contribution in [0, 0.1) is 0 Å². The van der Waals surface area contributed by atoms with E-state index in [1.54, 1.807) is 13.1 Å². The Morgan fingerprint density at radius 3 is 2.71 bits per heavy atom. The first-order valence-corrected chi connectivity index (χ1v) is 8.56. The molecule has 0 saturated heterocycles. The number of halogens is 2. The molecule has 7 heteroatoms. The summed E-state index contributed by atoms with van der Waals surface area (Å²) in [6.07, 6.45) is 1.71. The largest absolute Gasteiger partial charge is 0.310 e. The quantitative estimate of drug-likeness (QED) is 0.762. The molecule has 0 fully saturated rings. The van der Waals surface area contributed by atoms with Crippen molar-refractivity contribution in [1.82, 2.24) is 10.3 Å². The molecule has 4 nitrogen and oxygen atoms in total. The van der Waals surface area contributed by atoms with Gasteiger partial charge >= 0.3 is 0 Å². The number of sulfone groups is 1. The molecule has 1 aromatic heterocycles. The molecular weight excluding hydrogens is 372 g/mol. The summed E-state index contributed by atoms with van der Waals surface area (Å²) in [7, 11) is -2.89. The Bertz CT molecular complexity index is 477. The summed E-state index contributed by atoms with van der Waals surface area (Å²) in [5.41, 5.74) is 0.863. The molecule has 0 saturated carbocycles. The van der Waals surface area contributed by atoms with Gasteiger partial charge in [-0.15, -0.1) is 0 Å². The molecule has 0 aliphatic heterocycles. The van der Waals surface area contributed by atoms with Crippen LogP contribution in [0.1, 0.15) is 12.6 Å². The fourth-order valence-electron chi connectivity index (χ4n) is 1.15. The van der Waals surface area contributed by atoms with E-state index in [2.05, 4.69) is 42.2 Å². The number of rotatable bonds is 6. The zero-order valence-corrected chi connectivity index (χ0v) is 13.4. The molecule has 1 aromatic rings. The van der Waals surface area contributed by atoms with Gasteiger partial charge in [0.1, 0.15) is 0 Å². The summed E-state index contributed by atoms with van der Waals surface area (Å²) >= 11 is 6.72. The lowest BCUT2D eigenvalue weighted by atomic mass is 10.3. The van der Waals surface area contributed by atoms with Gasteiger partial charge in [0, 0.05) is 34.0 Å². The molecule has 0 spiro atoms. The Labute approximate surface area is 118 Å². The molecular formula is C10H14Br2N2O2S. The molecule has 1 N–H and O–H groups in total. The van der Waals surface area contributed by atoms with Crippen molar-refractivity contribution >= 4 is 41.7 Å². The molecule has 0 atom stereocenters. The number of pyridine rings is 1. The van der Waals surface area contributed by atoms with Crippen molar-refractivity contribution in [3.63, 3.8) is 0 Å². The lowest BCUT2D eigenvalue weighted by molar-refractivity contribution is 0.591. The maximum absolute atomic E-state index is 11.3. The summed E-state index contributed by atoms with van der Waals surface area (Å²) in [6, 6.07) is 1.91. The Balaban J connectivity index is 2.41. The van der Waals surface area contributed by atoms with Crippen molar-refractivity contribution in [2.45, 2.75) is 13.5 Å². The minimum absolute atomic E-state index is 0.164. The van der Waals surface area contributed by atoms with Gasteiger partial charge < -0.3 is 5.32 Å². The second kappa shape index (κ2) is 6.82. The van der Waals surface area contributed by atoms with Crippen LogP contribution in [0.15, 0.2) is 21.2 Å². The number of aromatic nitrogens is 1. The van der Waals surface area contributed by atoms with E-state index in [1.165, 1.54) is 0 Å². The summed E-state index contributed by atoms with van der Waals surface area (Å²) in [5.74, 6) is 0.354. The van der Waals surface area contributed by atoms with E-state index < -0.39 is 9.84 Å². The van der Waals surface area contributed by atoms with Gasteiger partial charge in [0.2, 0.25) is 0 Å². The van der Waals surface area contributed by atoms with Gasteiger partial charge in [0.15, 0.2) is 9.84 Å². The second-order valence-electron chi connectivity index (χ2n) is 3.50. The van der Waals surface area contributed by atoms with E-state index in [0.717, 1.165) is 14.6 Å². The minimum Gasteiger partial charge on any atom is -0.310 e. The van der Waals surface area contributed by atoms with Crippen LogP contribution in [0.4, 0.5) is 0 Å². The van der Waals surface area contributed by atoms with Crippen molar-refractivity contribution in [2.75, 3.05) is 18.1 Å². The van der Waals surface area contributed by atoms with Crippen LogP contribution in [0.3, 0.4) is 0 Å². The Morgan fingerprint density at radius 1 is 1.41 bits per heavy atom. The first-order valence-electron chi connectivity index (χ1n) is 5.15. The van der Waals surface area contributed by atoms with Crippen LogP contribution in [0.2, 0.25) is 0 Å². The van der Waals surface area contributed by atoms with E-state index in [-0.39, 0.29) is 11.5 Å². The van der Waals surface area contributed by atoms with Gasteiger partial charge in [-0.3, -0.25) is 4.98 Å². The highest BCUT2D eigenvalue weighted by atomic mass is 79.9. The van der Waals surface area contributed by atoms with Gasteiger partial charge in [0.05, 0.1) is 11.4 Å². The van der Waals surface area contributed by atoms with Gasteiger partial charge in [-0.2, -0.15) is 0 Å². The predicted octanol–water partition coefficient (Wildman–Crippen LogP) is 2.13.